The van der Waals surface area contributed by atoms with Gasteiger partial charge in [-0.2, -0.15) is 0 Å². The van der Waals surface area contributed by atoms with E-state index >= 15 is 0 Å². The second-order valence-electron chi connectivity index (χ2n) is 2.68. The summed E-state index contributed by atoms with van der Waals surface area (Å²) in [6.07, 6.45) is 1.35. The second kappa shape index (κ2) is 2.84. The number of aliphatic hydroxyl groups is 1. The predicted octanol–water partition coefficient (Wildman–Crippen LogP) is 0.241. The Hall–Kier alpha value is -0.940. The van der Waals surface area contributed by atoms with Crippen molar-refractivity contribution in [3.8, 4) is 0 Å². The van der Waals surface area contributed by atoms with Crippen molar-refractivity contribution < 1.29 is 9.90 Å². The number of anilines is 1. The highest BCUT2D eigenvalue weighted by Crippen LogP contribution is 2.22. The Kier molecular flexibility index (Phi) is 1.82. The van der Waals surface area contributed by atoms with Crippen LogP contribution in [0.3, 0.4) is 0 Å². The number of amides is 1. The van der Waals surface area contributed by atoms with Crippen molar-refractivity contribution in [2.75, 3.05) is 11.4 Å². The number of thiazole rings is 1. The molecule has 1 atom stereocenters. The molecule has 0 bridgehead atoms. The average Bonchev–Trinajstić information content (AvgIpc) is 2.58. The first kappa shape index (κ1) is 7.70. The molecule has 0 spiro atoms. The van der Waals surface area contributed by atoms with Crippen molar-refractivity contribution in [2.24, 2.45) is 0 Å². The Bertz CT molecular complexity index is 286. The molecule has 2 rings (SSSR count). The summed E-state index contributed by atoms with van der Waals surface area (Å²) in [6, 6.07) is 0. The molecule has 64 valence electrons. The summed E-state index contributed by atoms with van der Waals surface area (Å²) in [7, 11) is 0. The maximum Gasteiger partial charge on any atom is 0.231 e. The normalized spacial score (nSPS) is 23.6. The summed E-state index contributed by atoms with van der Waals surface area (Å²) in [5, 5.41) is 11.7. The Morgan fingerprint density at radius 2 is 2.58 bits per heavy atom. The molecule has 1 N–H and O–H groups in total. The van der Waals surface area contributed by atoms with Gasteiger partial charge in [0.2, 0.25) is 5.91 Å². The topological polar surface area (TPSA) is 53.4 Å². The minimum absolute atomic E-state index is 0.0440. The zero-order chi connectivity index (χ0) is 8.55. The largest absolute Gasteiger partial charge is 0.391 e. The van der Waals surface area contributed by atoms with Gasteiger partial charge in [-0.1, -0.05) is 0 Å². The van der Waals surface area contributed by atoms with E-state index in [9.17, 15) is 9.90 Å². The van der Waals surface area contributed by atoms with Crippen LogP contribution in [0.25, 0.3) is 0 Å². The number of rotatable bonds is 1. The SMILES string of the molecule is O=C1CC(O)CN1c1nccs1. The minimum atomic E-state index is -0.526. The standard InChI is InChI=1S/C7H8N2O2S/c10-5-3-6(11)9(4-5)7-8-1-2-12-7/h1-2,5,10H,3-4H2. The molecule has 0 aliphatic carbocycles. The summed E-state index contributed by atoms with van der Waals surface area (Å²) in [6.45, 7) is 0.381. The zero-order valence-electron chi connectivity index (χ0n) is 6.30. The molecule has 1 aliphatic rings. The smallest absolute Gasteiger partial charge is 0.231 e. The first-order valence-corrected chi connectivity index (χ1v) is 4.53. The maximum atomic E-state index is 11.2. The highest BCUT2D eigenvalue weighted by atomic mass is 32.1. The summed E-state index contributed by atoms with van der Waals surface area (Å²) >= 11 is 1.41. The van der Waals surface area contributed by atoms with Crippen molar-refractivity contribution in [1.29, 1.82) is 0 Å². The van der Waals surface area contributed by atoms with E-state index in [-0.39, 0.29) is 12.3 Å². The summed E-state index contributed by atoms with van der Waals surface area (Å²) in [5.41, 5.74) is 0. The highest BCUT2D eigenvalue weighted by molar-refractivity contribution is 7.13. The van der Waals surface area contributed by atoms with E-state index in [1.807, 2.05) is 5.38 Å². The van der Waals surface area contributed by atoms with Crippen molar-refractivity contribution >= 4 is 22.4 Å². The van der Waals surface area contributed by atoms with E-state index in [2.05, 4.69) is 4.98 Å². The molecular formula is C7H8N2O2S. The van der Waals surface area contributed by atoms with Gasteiger partial charge in [0, 0.05) is 11.6 Å². The summed E-state index contributed by atoms with van der Waals surface area (Å²) in [5.74, 6) is -0.0440. The number of aromatic nitrogens is 1. The number of nitrogens with zero attached hydrogens (tertiary/aromatic N) is 2. The number of carbonyl (C=O) groups is 1. The number of carbonyl (C=O) groups excluding carboxylic acids is 1. The van der Waals surface area contributed by atoms with Gasteiger partial charge in [-0.3, -0.25) is 9.69 Å². The number of aliphatic hydroxyl groups excluding tert-OH is 1. The number of β-amino-alcohol motifs (C(OH)–C–C–N with tert-alkyl or cyclic N) is 1. The lowest BCUT2D eigenvalue weighted by atomic mass is 10.3. The van der Waals surface area contributed by atoms with Crippen molar-refractivity contribution in [3.63, 3.8) is 0 Å². The molecule has 0 saturated carbocycles. The Balaban J connectivity index is 2.21. The van der Waals surface area contributed by atoms with Crippen molar-refractivity contribution in [1.82, 2.24) is 4.98 Å². The third-order valence-corrected chi connectivity index (χ3v) is 2.55. The van der Waals surface area contributed by atoms with Gasteiger partial charge in [0.1, 0.15) is 0 Å². The zero-order valence-corrected chi connectivity index (χ0v) is 7.12. The fourth-order valence-electron chi connectivity index (χ4n) is 1.22. The molecule has 5 heteroatoms. The molecule has 1 unspecified atom stereocenters. The molecule has 1 saturated heterocycles. The first-order valence-electron chi connectivity index (χ1n) is 3.65. The van der Waals surface area contributed by atoms with Crippen molar-refractivity contribution in [2.45, 2.75) is 12.5 Å². The molecule has 1 aromatic heterocycles. The molecule has 1 amide bonds. The minimum Gasteiger partial charge on any atom is -0.391 e. The molecule has 1 fully saturated rings. The molecule has 1 aliphatic heterocycles. The van der Waals surface area contributed by atoms with Gasteiger partial charge in [-0.15, -0.1) is 11.3 Å². The van der Waals surface area contributed by atoms with Crippen LogP contribution in [0.2, 0.25) is 0 Å². The van der Waals surface area contributed by atoms with Gasteiger partial charge in [-0.05, 0) is 0 Å². The molecule has 4 nitrogen and oxygen atoms in total. The van der Waals surface area contributed by atoms with E-state index in [0.29, 0.717) is 11.7 Å². The van der Waals surface area contributed by atoms with Gasteiger partial charge in [-0.25, -0.2) is 4.98 Å². The lowest BCUT2D eigenvalue weighted by Gasteiger charge is -2.10. The lowest BCUT2D eigenvalue weighted by Crippen LogP contribution is -2.24. The van der Waals surface area contributed by atoms with Crippen LogP contribution in [0, 0.1) is 0 Å². The van der Waals surface area contributed by atoms with E-state index in [1.54, 1.807) is 6.20 Å². The monoisotopic (exact) mass is 184 g/mol. The number of hydrogen-bond donors (Lipinski definition) is 1. The van der Waals surface area contributed by atoms with Crippen LogP contribution in [0.15, 0.2) is 11.6 Å². The van der Waals surface area contributed by atoms with Crippen LogP contribution in [-0.2, 0) is 4.79 Å². The van der Waals surface area contributed by atoms with Crippen LogP contribution in [0.4, 0.5) is 5.13 Å². The van der Waals surface area contributed by atoms with E-state index < -0.39 is 6.10 Å². The van der Waals surface area contributed by atoms with E-state index in [4.69, 9.17) is 0 Å². The molecule has 1 aromatic rings. The van der Waals surface area contributed by atoms with Gasteiger partial charge >= 0.3 is 0 Å². The van der Waals surface area contributed by atoms with E-state index in [0.717, 1.165) is 0 Å². The average molecular weight is 184 g/mol. The second-order valence-corrected chi connectivity index (χ2v) is 3.55. The quantitative estimate of drug-likeness (QED) is 0.680. The van der Waals surface area contributed by atoms with E-state index in [1.165, 1.54) is 16.2 Å². The lowest BCUT2D eigenvalue weighted by molar-refractivity contribution is -0.117. The van der Waals surface area contributed by atoms with Gasteiger partial charge in [0.15, 0.2) is 5.13 Å². The van der Waals surface area contributed by atoms with Crippen LogP contribution >= 0.6 is 11.3 Å². The van der Waals surface area contributed by atoms with Crippen LogP contribution in [-0.4, -0.2) is 28.6 Å². The third kappa shape index (κ3) is 1.21. The predicted molar refractivity (Wildman–Crippen MR) is 45.1 cm³/mol. The molecule has 2 heterocycles. The van der Waals surface area contributed by atoms with Gasteiger partial charge < -0.3 is 5.11 Å². The molecule has 12 heavy (non-hydrogen) atoms. The van der Waals surface area contributed by atoms with Gasteiger partial charge in [0.05, 0.1) is 19.1 Å². The molecule has 0 aromatic carbocycles. The van der Waals surface area contributed by atoms with Crippen molar-refractivity contribution in [3.05, 3.63) is 11.6 Å². The summed E-state index contributed by atoms with van der Waals surface area (Å²) in [4.78, 5) is 16.7. The maximum absolute atomic E-state index is 11.2. The van der Waals surface area contributed by atoms with Crippen LogP contribution in [0.1, 0.15) is 6.42 Å². The fourth-order valence-corrected chi connectivity index (χ4v) is 1.89. The third-order valence-electron chi connectivity index (χ3n) is 1.75. The Morgan fingerprint density at radius 3 is 3.08 bits per heavy atom. The van der Waals surface area contributed by atoms with Crippen LogP contribution in [0.5, 0.6) is 0 Å². The highest BCUT2D eigenvalue weighted by Gasteiger charge is 2.30. The number of hydrogen-bond acceptors (Lipinski definition) is 4. The Labute approximate surface area is 73.5 Å². The Morgan fingerprint density at radius 1 is 1.75 bits per heavy atom. The molecular weight excluding hydrogens is 176 g/mol. The fraction of sp³-hybridized carbons (Fsp3) is 0.429. The van der Waals surface area contributed by atoms with Gasteiger partial charge in [0.25, 0.3) is 0 Å². The summed E-state index contributed by atoms with van der Waals surface area (Å²) < 4.78 is 0. The molecule has 0 radical (unpaired) electrons. The van der Waals surface area contributed by atoms with Crippen LogP contribution < -0.4 is 4.90 Å². The first-order chi connectivity index (χ1) is 5.77.